The van der Waals surface area contributed by atoms with Gasteiger partial charge < -0.3 is 5.32 Å². The maximum atomic E-state index is 14.6. The second kappa shape index (κ2) is 3.23. The Bertz CT molecular complexity index is 474. The molecule has 0 saturated heterocycles. The van der Waals surface area contributed by atoms with Gasteiger partial charge in [0, 0.05) is 5.92 Å². The van der Waals surface area contributed by atoms with Crippen LogP contribution in [-0.2, 0) is 0 Å². The first kappa shape index (κ1) is 10.1. The van der Waals surface area contributed by atoms with E-state index in [0.717, 1.165) is 18.4 Å². The second-order valence-electron chi connectivity index (χ2n) is 4.47. The summed E-state index contributed by atoms with van der Waals surface area (Å²) in [6.45, 7) is 0. The number of halogens is 2. The van der Waals surface area contributed by atoms with Gasteiger partial charge >= 0.3 is 0 Å². The summed E-state index contributed by atoms with van der Waals surface area (Å²) in [7, 11) is 0. The normalized spacial score (nSPS) is 31.9. The van der Waals surface area contributed by atoms with E-state index >= 15 is 0 Å². The van der Waals surface area contributed by atoms with Crippen LogP contribution in [-0.4, -0.2) is 10.7 Å². The molecule has 84 valence electrons. The van der Waals surface area contributed by atoms with Crippen LogP contribution in [0.1, 0.15) is 30.7 Å². The van der Waals surface area contributed by atoms with Gasteiger partial charge in [0.05, 0.1) is 5.69 Å². The Morgan fingerprint density at radius 1 is 1.44 bits per heavy atom. The molecular formula is C12H11F2NS. The fourth-order valence-corrected chi connectivity index (χ4v) is 3.17. The molecule has 2 aliphatic rings. The van der Waals surface area contributed by atoms with Gasteiger partial charge in [-0.05, 0) is 30.9 Å². The summed E-state index contributed by atoms with van der Waals surface area (Å²) < 4.78 is 28.2. The molecule has 0 aromatic heterocycles. The highest BCUT2D eigenvalue weighted by atomic mass is 32.1. The SMILES string of the molecule is Fc1cccc2c1NC(=S)C1(F)CCCC21. The summed E-state index contributed by atoms with van der Waals surface area (Å²) in [4.78, 5) is 0.146. The van der Waals surface area contributed by atoms with Crippen LogP contribution in [0.15, 0.2) is 18.2 Å². The number of hydrogen-bond donors (Lipinski definition) is 1. The first-order valence-electron chi connectivity index (χ1n) is 5.42. The molecule has 3 rings (SSSR count). The Morgan fingerprint density at radius 2 is 2.25 bits per heavy atom. The highest BCUT2D eigenvalue weighted by Gasteiger charge is 2.51. The highest BCUT2D eigenvalue weighted by molar-refractivity contribution is 7.80. The maximum absolute atomic E-state index is 14.6. The number of para-hydroxylation sites is 1. The molecule has 1 aliphatic carbocycles. The first-order chi connectivity index (χ1) is 7.63. The van der Waals surface area contributed by atoms with Gasteiger partial charge in [-0.25, -0.2) is 8.78 Å². The standard InChI is InChI=1S/C12H11F2NS/c13-9-5-1-3-7-8-4-2-6-12(8,14)11(16)15-10(7)9/h1,3,5,8H,2,4,6H2,(H,15,16). The lowest BCUT2D eigenvalue weighted by Crippen LogP contribution is -2.43. The summed E-state index contributed by atoms with van der Waals surface area (Å²) in [6.07, 6.45) is 1.99. The molecule has 0 bridgehead atoms. The quantitative estimate of drug-likeness (QED) is 0.695. The van der Waals surface area contributed by atoms with Crippen molar-refractivity contribution in [1.29, 1.82) is 0 Å². The van der Waals surface area contributed by atoms with Gasteiger partial charge in [-0.1, -0.05) is 24.4 Å². The fourth-order valence-electron chi connectivity index (χ4n) is 2.82. The minimum atomic E-state index is -1.46. The van der Waals surface area contributed by atoms with Crippen molar-refractivity contribution in [1.82, 2.24) is 0 Å². The number of hydrogen-bond acceptors (Lipinski definition) is 1. The van der Waals surface area contributed by atoms with Crippen LogP contribution in [0, 0.1) is 5.82 Å². The number of thiocarbonyl (C=S) groups is 1. The second-order valence-corrected chi connectivity index (χ2v) is 4.87. The van der Waals surface area contributed by atoms with E-state index in [9.17, 15) is 8.78 Å². The summed E-state index contributed by atoms with van der Waals surface area (Å²) >= 11 is 5.04. The van der Waals surface area contributed by atoms with Gasteiger partial charge in [0.25, 0.3) is 0 Å². The molecule has 0 amide bonds. The van der Waals surface area contributed by atoms with Crippen molar-refractivity contribution in [3.8, 4) is 0 Å². The fraction of sp³-hybridized carbons (Fsp3) is 0.417. The molecule has 4 heteroatoms. The number of benzene rings is 1. The van der Waals surface area contributed by atoms with Crippen molar-refractivity contribution in [2.24, 2.45) is 0 Å². The van der Waals surface area contributed by atoms with Gasteiger partial charge in [-0.15, -0.1) is 0 Å². The Labute approximate surface area is 97.8 Å². The van der Waals surface area contributed by atoms with E-state index in [-0.39, 0.29) is 16.7 Å². The summed E-state index contributed by atoms with van der Waals surface area (Å²) in [5.74, 6) is -0.624. The van der Waals surface area contributed by atoms with Crippen LogP contribution in [0.2, 0.25) is 0 Å². The third-order valence-corrected chi connectivity index (χ3v) is 4.06. The van der Waals surface area contributed by atoms with Crippen LogP contribution in [0.5, 0.6) is 0 Å². The van der Waals surface area contributed by atoms with Crippen LogP contribution in [0.3, 0.4) is 0 Å². The number of rotatable bonds is 0. The molecule has 2 atom stereocenters. The molecule has 1 N–H and O–H groups in total. The third-order valence-electron chi connectivity index (χ3n) is 3.62. The van der Waals surface area contributed by atoms with E-state index in [1.54, 1.807) is 12.1 Å². The molecule has 0 radical (unpaired) electrons. The molecule has 1 saturated carbocycles. The number of nitrogens with one attached hydrogen (secondary N) is 1. The van der Waals surface area contributed by atoms with Gasteiger partial charge in [-0.3, -0.25) is 0 Å². The molecule has 1 aromatic rings. The molecule has 0 spiro atoms. The lowest BCUT2D eigenvalue weighted by Gasteiger charge is -2.35. The van der Waals surface area contributed by atoms with Gasteiger partial charge in [0.2, 0.25) is 0 Å². The Balaban J connectivity index is 2.20. The van der Waals surface area contributed by atoms with Crippen molar-refractivity contribution in [3.05, 3.63) is 29.6 Å². The van der Waals surface area contributed by atoms with Crippen LogP contribution < -0.4 is 5.32 Å². The van der Waals surface area contributed by atoms with E-state index in [1.807, 2.05) is 0 Å². The Hall–Kier alpha value is -1.03. The molecule has 1 fully saturated rings. The van der Waals surface area contributed by atoms with Crippen molar-refractivity contribution in [2.45, 2.75) is 30.8 Å². The molecular weight excluding hydrogens is 228 g/mol. The Kier molecular flexibility index (Phi) is 2.05. The zero-order chi connectivity index (χ0) is 11.3. The smallest absolute Gasteiger partial charge is 0.167 e. The molecule has 2 unspecified atom stereocenters. The predicted molar refractivity (Wildman–Crippen MR) is 63.1 cm³/mol. The van der Waals surface area contributed by atoms with E-state index in [0.29, 0.717) is 12.1 Å². The summed E-state index contributed by atoms with van der Waals surface area (Å²) in [5, 5.41) is 2.72. The van der Waals surface area contributed by atoms with Crippen molar-refractivity contribution in [3.63, 3.8) is 0 Å². The zero-order valence-corrected chi connectivity index (χ0v) is 9.41. The van der Waals surface area contributed by atoms with E-state index in [2.05, 4.69) is 5.32 Å². The lowest BCUT2D eigenvalue weighted by atomic mass is 9.82. The topological polar surface area (TPSA) is 12.0 Å². The predicted octanol–water partition coefficient (Wildman–Crippen LogP) is 3.55. The maximum Gasteiger partial charge on any atom is 0.167 e. The monoisotopic (exact) mass is 239 g/mol. The first-order valence-corrected chi connectivity index (χ1v) is 5.82. The number of alkyl halides is 1. The van der Waals surface area contributed by atoms with Crippen LogP contribution in [0.4, 0.5) is 14.5 Å². The average Bonchev–Trinajstić information content (AvgIpc) is 2.64. The van der Waals surface area contributed by atoms with Crippen molar-refractivity contribution >= 4 is 22.9 Å². The molecule has 16 heavy (non-hydrogen) atoms. The number of fused-ring (bicyclic) bond motifs is 3. The van der Waals surface area contributed by atoms with E-state index in [4.69, 9.17) is 12.2 Å². The van der Waals surface area contributed by atoms with Gasteiger partial charge in [0.1, 0.15) is 10.8 Å². The van der Waals surface area contributed by atoms with Crippen LogP contribution >= 0.6 is 12.2 Å². The minimum Gasteiger partial charge on any atom is -0.345 e. The summed E-state index contributed by atoms with van der Waals surface area (Å²) in [6, 6.07) is 4.79. The highest BCUT2D eigenvalue weighted by Crippen LogP contribution is 2.51. The average molecular weight is 239 g/mol. The molecule has 1 heterocycles. The molecule has 1 aliphatic heterocycles. The Morgan fingerprint density at radius 3 is 3.06 bits per heavy atom. The van der Waals surface area contributed by atoms with Crippen LogP contribution in [0.25, 0.3) is 0 Å². The van der Waals surface area contributed by atoms with Gasteiger partial charge in [-0.2, -0.15) is 0 Å². The minimum absolute atomic E-state index is 0.146. The third kappa shape index (κ3) is 1.16. The molecule has 1 aromatic carbocycles. The zero-order valence-electron chi connectivity index (χ0n) is 8.59. The lowest BCUT2D eigenvalue weighted by molar-refractivity contribution is 0.237. The van der Waals surface area contributed by atoms with Gasteiger partial charge in [0.15, 0.2) is 5.67 Å². The van der Waals surface area contributed by atoms with Crippen molar-refractivity contribution < 1.29 is 8.78 Å². The van der Waals surface area contributed by atoms with E-state index < -0.39 is 5.67 Å². The largest absolute Gasteiger partial charge is 0.345 e. The van der Waals surface area contributed by atoms with E-state index in [1.165, 1.54) is 6.07 Å². The van der Waals surface area contributed by atoms with Crippen molar-refractivity contribution in [2.75, 3.05) is 5.32 Å². The number of anilines is 1. The summed E-state index contributed by atoms with van der Waals surface area (Å²) in [5.41, 5.74) is -0.364. The molecule has 1 nitrogen and oxygen atoms in total.